The Kier molecular flexibility index (Phi) is 4.92. The van der Waals surface area contributed by atoms with E-state index in [2.05, 4.69) is 19.9 Å². The Balaban J connectivity index is 1.71. The zero-order valence-corrected chi connectivity index (χ0v) is 17.4. The highest BCUT2D eigenvalue weighted by molar-refractivity contribution is 7.92. The summed E-state index contributed by atoms with van der Waals surface area (Å²) in [6.07, 6.45) is 4.45. The lowest BCUT2D eigenvalue weighted by Gasteiger charge is -2.14. The Morgan fingerprint density at radius 1 is 1.13 bits per heavy atom. The molecule has 3 aromatic heterocycles. The number of ether oxygens (including phenoxy) is 1. The molecule has 11 heteroatoms. The van der Waals surface area contributed by atoms with Gasteiger partial charge in [-0.2, -0.15) is 10.2 Å². The minimum atomic E-state index is -3.94. The number of sulfonamides is 1. The normalized spacial score (nSPS) is 11.7. The maximum Gasteiger partial charge on any atom is 0.263 e. The SMILES string of the molecule is COc1ccc2cnn(C)c2c1NS(=O)(=O)c1ccc(-n2ncc(CO)c2C)nc1. The van der Waals surface area contributed by atoms with Crippen LogP contribution in [0.4, 0.5) is 5.69 Å². The molecule has 156 valence electrons. The van der Waals surface area contributed by atoms with Gasteiger partial charge in [0.1, 0.15) is 16.3 Å². The van der Waals surface area contributed by atoms with Crippen LogP contribution < -0.4 is 9.46 Å². The van der Waals surface area contributed by atoms with E-state index >= 15 is 0 Å². The van der Waals surface area contributed by atoms with E-state index in [0.717, 1.165) is 11.1 Å². The fraction of sp³-hybridized carbons (Fsp3) is 0.211. The summed E-state index contributed by atoms with van der Waals surface area (Å²) in [5.74, 6) is 0.820. The van der Waals surface area contributed by atoms with Gasteiger partial charge in [-0.3, -0.25) is 9.40 Å². The monoisotopic (exact) mass is 428 g/mol. The van der Waals surface area contributed by atoms with Crippen LogP contribution in [0, 0.1) is 6.92 Å². The van der Waals surface area contributed by atoms with Crippen molar-refractivity contribution < 1.29 is 18.3 Å². The summed E-state index contributed by atoms with van der Waals surface area (Å²) >= 11 is 0. The van der Waals surface area contributed by atoms with Gasteiger partial charge < -0.3 is 9.84 Å². The van der Waals surface area contributed by atoms with E-state index in [1.54, 1.807) is 43.2 Å². The van der Waals surface area contributed by atoms with Gasteiger partial charge in [0, 0.05) is 29.9 Å². The number of hydrogen-bond donors (Lipinski definition) is 2. The molecule has 0 aliphatic carbocycles. The molecule has 0 bridgehead atoms. The smallest absolute Gasteiger partial charge is 0.263 e. The van der Waals surface area contributed by atoms with Gasteiger partial charge in [-0.15, -0.1) is 0 Å². The van der Waals surface area contributed by atoms with E-state index in [-0.39, 0.29) is 11.5 Å². The summed E-state index contributed by atoms with van der Waals surface area (Å²) in [6.45, 7) is 1.66. The first-order chi connectivity index (χ1) is 14.4. The van der Waals surface area contributed by atoms with Crippen molar-refractivity contribution in [3.05, 3.63) is 54.1 Å². The molecule has 0 fully saturated rings. The lowest BCUT2D eigenvalue weighted by atomic mass is 10.2. The Morgan fingerprint density at radius 2 is 1.93 bits per heavy atom. The van der Waals surface area contributed by atoms with E-state index in [0.29, 0.717) is 28.3 Å². The molecule has 3 heterocycles. The topological polar surface area (TPSA) is 124 Å². The highest BCUT2D eigenvalue weighted by atomic mass is 32.2. The first-order valence-corrected chi connectivity index (χ1v) is 10.5. The maximum absolute atomic E-state index is 13.0. The predicted molar refractivity (Wildman–Crippen MR) is 110 cm³/mol. The molecule has 2 N–H and O–H groups in total. The van der Waals surface area contributed by atoms with Crippen LogP contribution in [0.2, 0.25) is 0 Å². The van der Waals surface area contributed by atoms with E-state index in [9.17, 15) is 13.5 Å². The van der Waals surface area contributed by atoms with Gasteiger partial charge in [0.2, 0.25) is 0 Å². The third kappa shape index (κ3) is 3.27. The van der Waals surface area contributed by atoms with Crippen LogP contribution in [-0.2, 0) is 23.7 Å². The first kappa shape index (κ1) is 19.9. The summed E-state index contributed by atoms with van der Waals surface area (Å²) in [5.41, 5.74) is 2.30. The van der Waals surface area contributed by atoms with Crippen LogP contribution in [-0.4, -0.2) is 45.2 Å². The van der Waals surface area contributed by atoms with Crippen molar-refractivity contribution in [2.45, 2.75) is 18.4 Å². The van der Waals surface area contributed by atoms with Gasteiger partial charge in [-0.25, -0.2) is 18.1 Å². The first-order valence-electron chi connectivity index (χ1n) is 8.98. The highest BCUT2D eigenvalue weighted by Gasteiger charge is 2.21. The number of anilines is 1. The number of nitrogens with one attached hydrogen (secondary N) is 1. The van der Waals surface area contributed by atoms with E-state index in [1.165, 1.54) is 24.1 Å². The zero-order valence-electron chi connectivity index (χ0n) is 16.6. The van der Waals surface area contributed by atoms with Crippen LogP contribution in [0.25, 0.3) is 16.7 Å². The van der Waals surface area contributed by atoms with E-state index < -0.39 is 10.0 Å². The van der Waals surface area contributed by atoms with Crippen LogP contribution in [0.3, 0.4) is 0 Å². The van der Waals surface area contributed by atoms with Gasteiger partial charge in [0.25, 0.3) is 10.0 Å². The van der Waals surface area contributed by atoms with E-state index in [4.69, 9.17) is 4.74 Å². The number of hydrogen-bond acceptors (Lipinski definition) is 7. The average molecular weight is 428 g/mol. The van der Waals surface area contributed by atoms with Crippen LogP contribution in [0.5, 0.6) is 5.75 Å². The van der Waals surface area contributed by atoms with Gasteiger partial charge >= 0.3 is 0 Å². The molecule has 0 spiro atoms. The second-order valence-corrected chi connectivity index (χ2v) is 8.31. The number of pyridine rings is 1. The number of nitrogens with zero attached hydrogens (tertiary/aromatic N) is 5. The number of fused-ring (bicyclic) bond motifs is 1. The standard InChI is InChI=1S/C19H20N6O4S/c1-12-14(11-26)9-22-25(12)17-7-5-15(10-20-17)30(27,28)23-18-16(29-3)6-4-13-8-21-24(2)19(13)18/h4-10,23,26H,11H2,1-3H3. The number of aliphatic hydroxyl groups is 1. The Labute approximate surface area is 172 Å². The van der Waals surface area contributed by atoms with Crippen molar-refractivity contribution in [3.8, 4) is 11.6 Å². The molecule has 1 aromatic carbocycles. The Morgan fingerprint density at radius 3 is 2.57 bits per heavy atom. The van der Waals surface area contributed by atoms with Gasteiger partial charge in [-0.05, 0) is 31.2 Å². The fourth-order valence-electron chi connectivity index (χ4n) is 3.20. The minimum Gasteiger partial charge on any atom is -0.494 e. The minimum absolute atomic E-state index is 0.0142. The third-order valence-electron chi connectivity index (χ3n) is 4.85. The quantitative estimate of drug-likeness (QED) is 0.479. The summed E-state index contributed by atoms with van der Waals surface area (Å²) in [5, 5.41) is 18.5. The van der Waals surface area contributed by atoms with E-state index in [1.807, 2.05) is 6.07 Å². The molecule has 4 rings (SSSR count). The third-order valence-corrected chi connectivity index (χ3v) is 6.19. The number of benzene rings is 1. The second kappa shape index (κ2) is 7.43. The molecular weight excluding hydrogens is 408 g/mol. The van der Waals surface area contributed by atoms with Gasteiger partial charge in [-0.1, -0.05) is 0 Å². The molecule has 0 aliphatic rings. The number of aliphatic hydroxyl groups excluding tert-OH is 1. The number of methoxy groups -OCH3 is 1. The Bertz CT molecular complexity index is 1330. The summed E-state index contributed by atoms with van der Waals surface area (Å²) in [7, 11) is -0.748. The predicted octanol–water partition coefficient (Wildman–Crippen LogP) is 1.76. The van der Waals surface area contributed by atoms with Crippen LogP contribution in [0.15, 0.2) is 47.8 Å². The molecule has 10 nitrogen and oxygen atoms in total. The summed E-state index contributed by atoms with van der Waals surface area (Å²) in [4.78, 5) is 4.21. The summed E-state index contributed by atoms with van der Waals surface area (Å²) < 4.78 is 37.1. The molecule has 0 saturated heterocycles. The van der Waals surface area contributed by atoms with Crippen LogP contribution >= 0.6 is 0 Å². The van der Waals surface area contributed by atoms with Crippen molar-refractivity contribution in [1.82, 2.24) is 24.5 Å². The van der Waals surface area contributed by atoms with Gasteiger partial charge in [0.05, 0.1) is 31.6 Å². The molecular formula is C19H20N6O4S. The highest BCUT2D eigenvalue weighted by Crippen LogP contribution is 2.34. The average Bonchev–Trinajstić information content (AvgIpc) is 3.30. The summed E-state index contributed by atoms with van der Waals surface area (Å²) in [6, 6.07) is 6.49. The lowest BCUT2D eigenvalue weighted by Crippen LogP contribution is -2.15. The molecule has 0 saturated carbocycles. The molecule has 0 aliphatic heterocycles. The maximum atomic E-state index is 13.0. The van der Waals surface area contributed by atoms with Crippen molar-refractivity contribution in [2.24, 2.45) is 7.05 Å². The molecule has 0 amide bonds. The number of aromatic nitrogens is 5. The Hall–Kier alpha value is -3.44. The largest absolute Gasteiger partial charge is 0.494 e. The number of aryl methyl sites for hydroxylation is 1. The molecule has 0 radical (unpaired) electrons. The van der Waals surface area contributed by atoms with Crippen molar-refractivity contribution in [2.75, 3.05) is 11.8 Å². The molecule has 0 atom stereocenters. The molecule has 4 aromatic rings. The molecule has 0 unspecified atom stereocenters. The lowest BCUT2D eigenvalue weighted by molar-refractivity contribution is 0.281. The van der Waals surface area contributed by atoms with Crippen molar-refractivity contribution in [1.29, 1.82) is 0 Å². The fourth-order valence-corrected chi connectivity index (χ4v) is 4.22. The zero-order chi connectivity index (χ0) is 21.5. The second-order valence-electron chi connectivity index (χ2n) is 6.63. The number of rotatable bonds is 6. The van der Waals surface area contributed by atoms with Crippen molar-refractivity contribution >= 4 is 26.6 Å². The van der Waals surface area contributed by atoms with Crippen LogP contribution in [0.1, 0.15) is 11.3 Å². The van der Waals surface area contributed by atoms with Gasteiger partial charge in [0.15, 0.2) is 5.82 Å². The molecule has 30 heavy (non-hydrogen) atoms. The van der Waals surface area contributed by atoms with Crippen molar-refractivity contribution in [3.63, 3.8) is 0 Å².